The highest BCUT2D eigenvalue weighted by Crippen LogP contribution is 2.42. The maximum Gasteiger partial charge on any atom is -0.0208 e. The zero-order chi connectivity index (χ0) is 8.23. The van der Waals surface area contributed by atoms with Crippen molar-refractivity contribution in [1.82, 2.24) is 0 Å². The first-order chi connectivity index (χ1) is 5.97. The Hall–Kier alpha value is 0.430. The van der Waals surface area contributed by atoms with Crippen molar-refractivity contribution >= 4 is 8.58 Å². The van der Waals surface area contributed by atoms with Crippen molar-refractivity contribution in [3.05, 3.63) is 0 Å². The third kappa shape index (κ3) is 2.22. The van der Waals surface area contributed by atoms with E-state index < -0.39 is 0 Å². The lowest BCUT2D eigenvalue weighted by atomic mass is 9.94. The molecule has 1 heterocycles. The predicted molar refractivity (Wildman–Crippen MR) is 57.4 cm³/mol. The molecule has 1 heteroatoms. The van der Waals surface area contributed by atoms with Crippen LogP contribution in [0.2, 0.25) is 0 Å². The fourth-order valence-electron chi connectivity index (χ4n) is 2.83. The first kappa shape index (κ1) is 9.00. The molecule has 0 spiro atoms. The van der Waals surface area contributed by atoms with Crippen molar-refractivity contribution in [3.63, 3.8) is 0 Å². The standard InChI is InChI=1S/C11H21P/c1-2-4-7-10(6-3-1)11-8-5-9-12-11/h10-12H,1-9H2. The van der Waals surface area contributed by atoms with Gasteiger partial charge in [0.15, 0.2) is 0 Å². The molecule has 0 bridgehead atoms. The molecular formula is C11H21P. The molecule has 1 aliphatic heterocycles. The summed E-state index contributed by atoms with van der Waals surface area (Å²) < 4.78 is 0. The van der Waals surface area contributed by atoms with Crippen LogP contribution in [0, 0.1) is 5.92 Å². The van der Waals surface area contributed by atoms with E-state index in [9.17, 15) is 0 Å². The summed E-state index contributed by atoms with van der Waals surface area (Å²) in [6.45, 7) is 0. The number of hydrogen-bond acceptors (Lipinski definition) is 0. The van der Waals surface area contributed by atoms with E-state index in [1.807, 2.05) is 0 Å². The van der Waals surface area contributed by atoms with Crippen LogP contribution in [0.3, 0.4) is 0 Å². The van der Waals surface area contributed by atoms with Crippen LogP contribution in [0.1, 0.15) is 51.4 Å². The summed E-state index contributed by atoms with van der Waals surface area (Å²) in [4.78, 5) is 0. The Morgan fingerprint density at radius 3 is 2.08 bits per heavy atom. The first-order valence-electron chi connectivity index (χ1n) is 5.70. The normalized spacial score (nSPS) is 35.5. The molecular weight excluding hydrogens is 163 g/mol. The molecule has 70 valence electrons. The topological polar surface area (TPSA) is 0 Å². The predicted octanol–water partition coefficient (Wildman–Crippen LogP) is 3.80. The number of rotatable bonds is 1. The van der Waals surface area contributed by atoms with Gasteiger partial charge in [-0.25, -0.2) is 0 Å². The molecule has 2 atom stereocenters. The molecule has 12 heavy (non-hydrogen) atoms. The highest BCUT2D eigenvalue weighted by atomic mass is 31.1. The second-order valence-corrected chi connectivity index (χ2v) is 6.10. The van der Waals surface area contributed by atoms with Crippen molar-refractivity contribution in [3.8, 4) is 0 Å². The van der Waals surface area contributed by atoms with E-state index >= 15 is 0 Å². The number of hydrogen-bond donors (Lipinski definition) is 0. The fraction of sp³-hybridized carbons (Fsp3) is 1.00. The van der Waals surface area contributed by atoms with Crippen molar-refractivity contribution in [2.45, 2.75) is 57.0 Å². The van der Waals surface area contributed by atoms with Crippen LogP contribution in [0.4, 0.5) is 0 Å². The summed E-state index contributed by atoms with van der Waals surface area (Å²) in [5.74, 6) is 1.15. The molecule has 0 N–H and O–H groups in total. The van der Waals surface area contributed by atoms with Gasteiger partial charge in [0.25, 0.3) is 0 Å². The second-order valence-electron chi connectivity index (χ2n) is 4.45. The Morgan fingerprint density at radius 2 is 1.50 bits per heavy atom. The highest BCUT2D eigenvalue weighted by Gasteiger charge is 2.24. The Labute approximate surface area is 78.3 Å². The van der Waals surface area contributed by atoms with Gasteiger partial charge >= 0.3 is 0 Å². The minimum atomic E-state index is 1.15. The third-order valence-corrected chi connectivity index (χ3v) is 5.49. The van der Waals surface area contributed by atoms with Crippen molar-refractivity contribution < 1.29 is 0 Å². The van der Waals surface area contributed by atoms with Crippen LogP contribution in [-0.4, -0.2) is 11.8 Å². The van der Waals surface area contributed by atoms with Crippen LogP contribution in [0.25, 0.3) is 0 Å². The van der Waals surface area contributed by atoms with Crippen molar-refractivity contribution in [2.75, 3.05) is 6.16 Å². The molecule has 0 aromatic heterocycles. The summed E-state index contributed by atoms with van der Waals surface area (Å²) in [5.41, 5.74) is 1.17. The zero-order valence-corrected chi connectivity index (χ0v) is 9.02. The molecule has 0 nitrogen and oxygen atoms in total. The van der Waals surface area contributed by atoms with Gasteiger partial charge in [-0.2, -0.15) is 0 Å². The van der Waals surface area contributed by atoms with Crippen molar-refractivity contribution in [2.24, 2.45) is 5.92 Å². The van der Waals surface area contributed by atoms with Gasteiger partial charge in [-0.05, 0) is 43.4 Å². The van der Waals surface area contributed by atoms with E-state index in [0.29, 0.717) is 0 Å². The van der Waals surface area contributed by atoms with E-state index in [2.05, 4.69) is 0 Å². The zero-order valence-electron chi connectivity index (χ0n) is 8.02. The van der Waals surface area contributed by atoms with E-state index in [4.69, 9.17) is 0 Å². The van der Waals surface area contributed by atoms with E-state index in [1.54, 1.807) is 31.8 Å². The van der Waals surface area contributed by atoms with Crippen LogP contribution in [-0.2, 0) is 0 Å². The Balaban J connectivity index is 1.83. The fourth-order valence-corrected chi connectivity index (χ4v) is 4.68. The third-order valence-electron chi connectivity index (χ3n) is 3.57. The molecule has 1 saturated heterocycles. The summed E-state index contributed by atoms with van der Waals surface area (Å²) >= 11 is 0. The largest absolute Gasteiger partial charge is 0.119 e. The summed E-state index contributed by atoms with van der Waals surface area (Å²) in [6.07, 6.45) is 13.9. The smallest absolute Gasteiger partial charge is 0.0208 e. The van der Waals surface area contributed by atoms with Gasteiger partial charge in [-0.1, -0.05) is 25.7 Å². The quantitative estimate of drug-likeness (QED) is 0.429. The summed E-state index contributed by atoms with van der Waals surface area (Å²) in [5, 5.41) is 0. The average Bonchev–Trinajstić information content (AvgIpc) is 2.48. The lowest BCUT2D eigenvalue weighted by Crippen LogP contribution is -2.12. The molecule has 0 aromatic rings. The second kappa shape index (κ2) is 4.61. The molecule has 0 aromatic carbocycles. The monoisotopic (exact) mass is 184 g/mol. The molecule has 2 fully saturated rings. The molecule has 0 amide bonds. The first-order valence-corrected chi connectivity index (χ1v) is 6.98. The minimum Gasteiger partial charge on any atom is -0.119 e. The summed E-state index contributed by atoms with van der Waals surface area (Å²) in [6, 6.07) is 0. The molecule has 2 unspecified atom stereocenters. The SMILES string of the molecule is C1CCCC(C2CCCP2)CC1. The van der Waals surface area contributed by atoms with Gasteiger partial charge in [0.1, 0.15) is 0 Å². The van der Waals surface area contributed by atoms with E-state index in [0.717, 1.165) is 5.92 Å². The van der Waals surface area contributed by atoms with Gasteiger partial charge in [0, 0.05) is 0 Å². The van der Waals surface area contributed by atoms with E-state index in [1.165, 1.54) is 39.9 Å². The van der Waals surface area contributed by atoms with Gasteiger partial charge in [0.2, 0.25) is 0 Å². The van der Waals surface area contributed by atoms with Crippen LogP contribution in [0.15, 0.2) is 0 Å². The van der Waals surface area contributed by atoms with Gasteiger partial charge in [0.05, 0.1) is 0 Å². The molecule has 0 radical (unpaired) electrons. The lowest BCUT2D eigenvalue weighted by Gasteiger charge is -2.20. The van der Waals surface area contributed by atoms with Crippen LogP contribution >= 0.6 is 8.58 Å². The Kier molecular flexibility index (Phi) is 3.46. The lowest BCUT2D eigenvalue weighted by molar-refractivity contribution is 0.433. The summed E-state index contributed by atoms with van der Waals surface area (Å²) in [7, 11) is 1.33. The Bertz CT molecular complexity index is 119. The molecule has 1 saturated carbocycles. The van der Waals surface area contributed by atoms with Gasteiger partial charge < -0.3 is 0 Å². The maximum atomic E-state index is 1.57. The Morgan fingerprint density at radius 1 is 0.750 bits per heavy atom. The molecule has 1 aliphatic carbocycles. The highest BCUT2D eigenvalue weighted by molar-refractivity contribution is 7.39. The molecule has 2 aliphatic rings. The van der Waals surface area contributed by atoms with Gasteiger partial charge in [-0.3, -0.25) is 0 Å². The van der Waals surface area contributed by atoms with Gasteiger partial charge in [-0.15, -0.1) is 8.58 Å². The van der Waals surface area contributed by atoms with Crippen LogP contribution < -0.4 is 0 Å². The minimum absolute atomic E-state index is 1.15. The molecule has 2 rings (SSSR count). The average molecular weight is 184 g/mol. The van der Waals surface area contributed by atoms with Crippen LogP contribution in [0.5, 0.6) is 0 Å². The van der Waals surface area contributed by atoms with Crippen molar-refractivity contribution in [1.29, 1.82) is 0 Å². The maximum absolute atomic E-state index is 1.57. The van der Waals surface area contributed by atoms with E-state index in [-0.39, 0.29) is 0 Å².